The number of piperidine rings is 1. The van der Waals surface area contributed by atoms with E-state index in [1.165, 1.54) is 12.1 Å². The van der Waals surface area contributed by atoms with E-state index in [0.717, 1.165) is 38.1 Å². The third kappa shape index (κ3) is 5.50. The van der Waals surface area contributed by atoms with Gasteiger partial charge >= 0.3 is 6.18 Å². The van der Waals surface area contributed by atoms with E-state index in [4.69, 9.17) is 20.8 Å². The van der Waals surface area contributed by atoms with Crippen molar-refractivity contribution in [3.63, 3.8) is 0 Å². The molecule has 1 saturated heterocycles. The number of thioether (sulfide) groups is 1. The molecule has 2 aromatic carbocycles. The van der Waals surface area contributed by atoms with Crippen LogP contribution in [-0.4, -0.2) is 42.6 Å². The average molecular weight is 498 g/mol. The average Bonchev–Trinajstić information content (AvgIpc) is 2.79. The molecule has 0 aliphatic carbocycles. The van der Waals surface area contributed by atoms with E-state index in [-0.39, 0.29) is 39.7 Å². The molecule has 9 heteroatoms. The van der Waals surface area contributed by atoms with E-state index in [9.17, 15) is 18.0 Å². The largest absolute Gasteiger partial charge is 0.491 e. The molecule has 4 nitrogen and oxygen atoms in total. The minimum absolute atomic E-state index is 0.0124. The Balaban J connectivity index is 1.62. The maximum atomic E-state index is 13.4. The number of para-hydroxylation sites is 1. The van der Waals surface area contributed by atoms with Crippen LogP contribution in [-0.2, 0) is 6.18 Å². The fourth-order valence-electron chi connectivity index (χ4n) is 3.95. The van der Waals surface area contributed by atoms with Crippen LogP contribution in [0.4, 0.5) is 13.2 Å². The molecule has 176 valence electrons. The van der Waals surface area contributed by atoms with Crippen molar-refractivity contribution in [2.75, 3.05) is 32.5 Å². The number of alkyl halides is 3. The molecule has 0 unspecified atom stereocenters. The number of hydrogen-bond acceptors (Lipinski definition) is 5. The van der Waals surface area contributed by atoms with E-state index in [2.05, 4.69) is 11.2 Å². The fourth-order valence-corrected chi connectivity index (χ4v) is 4.85. The van der Waals surface area contributed by atoms with E-state index < -0.39 is 11.7 Å². The van der Waals surface area contributed by atoms with Crippen molar-refractivity contribution in [1.82, 2.24) is 4.90 Å². The SMILES string of the molecule is CSC1CCN(CCOc2cc(C(F)(F)F)ccc2-c2cc(=O)c3cccc(Cl)c3o2)CC1. The molecule has 0 N–H and O–H groups in total. The van der Waals surface area contributed by atoms with E-state index in [1.807, 2.05) is 11.8 Å². The summed E-state index contributed by atoms with van der Waals surface area (Å²) >= 11 is 8.05. The van der Waals surface area contributed by atoms with Gasteiger partial charge in [0, 0.05) is 17.9 Å². The van der Waals surface area contributed by atoms with E-state index in [1.54, 1.807) is 18.2 Å². The van der Waals surface area contributed by atoms with Crippen molar-refractivity contribution < 1.29 is 22.3 Å². The van der Waals surface area contributed by atoms with Crippen LogP contribution < -0.4 is 10.2 Å². The lowest BCUT2D eigenvalue weighted by atomic mass is 10.1. The number of benzene rings is 2. The second kappa shape index (κ2) is 9.99. The molecule has 2 heterocycles. The number of nitrogens with zero attached hydrogens (tertiary/aromatic N) is 1. The van der Waals surface area contributed by atoms with Crippen molar-refractivity contribution >= 4 is 34.3 Å². The minimum Gasteiger partial charge on any atom is -0.491 e. The highest BCUT2D eigenvalue weighted by Gasteiger charge is 2.32. The first-order chi connectivity index (χ1) is 15.8. The molecule has 4 rings (SSSR count). The molecule has 1 aromatic heterocycles. The van der Waals surface area contributed by atoms with Gasteiger partial charge in [-0.3, -0.25) is 9.69 Å². The lowest BCUT2D eigenvalue weighted by Gasteiger charge is -2.31. The Kier molecular flexibility index (Phi) is 7.26. The second-order valence-corrected chi connectivity index (χ2v) is 9.47. The monoisotopic (exact) mass is 497 g/mol. The predicted molar refractivity (Wildman–Crippen MR) is 126 cm³/mol. The summed E-state index contributed by atoms with van der Waals surface area (Å²) in [7, 11) is 0. The Bertz CT molecular complexity index is 1190. The van der Waals surface area contributed by atoms with Crippen molar-refractivity contribution in [3.05, 3.63) is 63.3 Å². The van der Waals surface area contributed by atoms with E-state index >= 15 is 0 Å². The van der Waals surface area contributed by atoms with Gasteiger partial charge in [0.1, 0.15) is 18.1 Å². The third-order valence-electron chi connectivity index (χ3n) is 5.81. The van der Waals surface area contributed by atoms with Gasteiger partial charge in [-0.25, -0.2) is 0 Å². The van der Waals surface area contributed by atoms with Gasteiger partial charge in [0.15, 0.2) is 11.0 Å². The Labute approximate surface area is 198 Å². The fraction of sp³-hybridized carbons (Fsp3) is 0.375. The number of hydrogen-bond donors (Lipinski definition) is 0. The number of ether oxygens (including phenoxy) is 1. The Hall–Kier alpha value is -2.16. The standard InChI is InChI=1S/C24H23ClF3NO3S/c1-33-16-7-9-29(10-8-16)11-12-31-21-13-15(24(26,27)28)5-6-18(21)22-14-20(30)17-3-2-4-19(25)23(17)32-22/h2-6,13-14,16H,7-12H2,1H3. The highest BCUT2D eigenvalue weighted by atomic mass is 35.5. The summed E-state index contributed by atoms with van der Waals surface area (Å²) in [5.74, 6) is 0.114. The number of fused-ring (bicyclic) bond motifs is 1. The van der Waals surface area contributed by atoms with Crippen molar-refractivity contribution in [1.29, 1.82) is 0 Å². The van der Waals surface area contributed by atoms with Crippen LogP contribution in [0.5, 0.6) is 5.75 Å². The zero-order valence-electron chi connectivity index (χ0n) is 18.0. The summed E-state index contributed by atoms with van der Waals surface area (Å²) in [6, 6.07) is 9.22. The van der Waals surface area contributed by atoms with Gasteiger partial charge in [-0.05, 0) is 62.5 Å². The molecule has 0 radical (unpaired) electrons. The van der Waals surface area contributed by atoms with E-state index in [0.29, 0.717) is 17.2 Å². The maximum Gasteiger partial charge on any atom is 0.416 e. The normalized spacial score (nSPS) is 15.8. The Morgan fingerprint density at radius 3 is 2.64 bits per heavy atom. The summed E-state index contributed by atoms with van der Waals surface area (Å²) in [6.45, 7) is 2.69. The van der Waals surface area contributed by atoms with Gasteiger partial charge in [0.05, 0.1) is 21.5 Å². The molecule has 3 aromatic rings. The minimum atomic E-state index is -4.52. The van der Waals surface area contributed by atoms with Crippen molar-refractivity contribution in [2.24, 2.45) is 0 Å². The van der Waals surface area contributed by atoms with Gasteiger partial charge in [-0.1, -0.05) is 17.7 Å². The van der Waals surface area contributed by atoms with Crippen molar-refractivity contribution in [2.45, 2.75) is 24.3 Å². The molecule has 0 atom stereocenters. The van der Waals surface area contributed by atoms with Crippen LogP contribution in [0.25, 0.3) is 22.3 Å². The highest BCUT2D eigenvalue weighted by Crippen LogP contribution is 2.38. The van der Waals surface area contributed by atoms with Crippen LogP contribution >= 0.6 is 23.4 Å². The Morgan fingerprint density at radius 2 is 1.94 bits per heavy atom. The second-order valence-electron chi connectivity index (χ2n) is 7.93. The number of halogens is 4. The molecule has 1 aliphatic rings. The molecular formula is C24H23ClF3NO3S. The first-order valence-corrected chi connectivity index (χ1v) is 12.2. The number of likely N-dealkylation sites (tertiary alicyclic amines) is 1. The summed E-state index contributed by atoms with van der Waals surface area (Å²) in [4.78, 5) is 14.8. The lowest BCUT2D eigenvalue weighted by molar-refractivity contribution is -0.137. The number of rotatable bonds is 6. The first kappa shape index (κ1) is 24.0. The first-order valence-electron chi connectivity index (χ1n) is 10.6. The molecule has 0 saturated carbocycles. The molecule has 0 amide bonds. The summed E-state index contributed by atoms with van der Waals surface area (Å²) in [6.07, 6.45) is -0.251. The van der Waals surface area contributed by atoms with Gasteiger partial charge < -0.3 is 9.15 Å². The molecule has 1 aliphatic heterocycles. The molecular weight excluding hydrogens is 475 g/mol. The van der Waals surface area contributed by atoms with Gasteiger partial charge in [0.2, 0.25) is 0 Å². The van der Waals surface area contributed by atoms with Gasteiger partial charge in [-0.15, -0.1) is 0 Å². The van der Waals surface area contributed by atoms with Crippen molar-refractivity contribution in [3.8, 4) is 17.1 Å². The van der Waals surface area contributed by atoms with Crippen LogP contribution in [0, 0.1) is 0 Å². The molecule has 0 spiro atoms. The maximum absolute atomic E-state index is 13.4. The predicted octanol–water partition coefficient (Wildman–Crippen LogP) is 6.34. The topological polar surface area (TPSA) is 42.7 Å². The summed E-state index contributed by atoms with van der Waals surface area (Å²) in [5, 5.41) is 1.20. The Morgan fingerprint density at radius 1 is 1.18 bits per heavy atom. The quantitative estimate of drug-likeness (QED) is 0.397. The molecule has 1 fully saturated rings. The highest BCUT2D eigenvalue weighted by molar-refractivity contribution is 7.99. The van der Waals surface area contributed by atoms with Gasteiger partial charge in [-0.2, -0.15) is 24.9 Å². The van der Waals surface area contributed by atoms with Gasteiger partial charge in [0.25, 0.3) is 0 Å². The summed E-state index contributed by atoms with van der Waals surface area (Å²) < 4.78 is 51.7. The van der Waals surface area contributed by atoms with Crippen LogP contribution in [0.3, 0.4) is 0 Å². The zero-order chi connectivity index (χ0) is 23.6. The molecule has 0 bridgehead atoms. The van der Waals surface area contributed by atoms with Crippen LogP contribution in [0.2, 0.25) is 5.02 Å². The van der Waals surface area contributed by atoms with Crippen LogP contribution in [0.15, 0.2) is 51.7 Å². The zero-order valence-corrected chi connectivity index (χ0v) is 19.5. The molecule has 33 heavy (non-hydrogen) atoms. The lowest BCUT2D eigenvalue weighted by Crippen LogP contribution is -2.37. The smallest absolute Gasteiger partial charge is 0.416 e. The van der Waals surface area contributed by atoms with Crippen LogP contribution in [0.1, 0.15) is 18.4 Å². The third-order valence-corrected chi connectivity index (χ3v) is 7.25. The summed E-state index contributed by atoms with van der Waals surface area (Å²) in [5.41, 5.74) is -0.716.